The fourth-order valence-corrected chi connectivity index (χ4v) is 1.37. The van der Waals surface area contributed by atoms with Gasteiger partial charge in [-0.3, -0.25) is 4.79 Å². The Morgan fingerprint density at radius 2 is 1.56 bits per heavy atom. The van der Waals surface area contributed by atoms with E-state index in [-0.39, 0.29) is 19.1 Å². The average Bonchev–Trinajstić information content (AvgIpc) is 2.42. The zero-order valence-corrected chi connectivity index (χ0v) is 10.6. The van der Waals surface area contributed by atoms with Gasteiger partial charge in [-0.15, -0.1) is 0 Å². The summed E-state index contributed by atoms with van der Waals surface area (Å²) in [5, 5.41) is 0. The van der Waals surface area contributed by atoms with Crippen LogP contribution in [-0.2, 0) is 9.47 Å². The van der Waals surface area contributed by atoms with Crippen molar-refractivity contribution in [3.63, 3.8) is 0 Å². The molecule has 0 amide bonds. The number of ether oxygens (including phenoxy) is 5. The molecule has 0 unspecified atom stereocenters. The maximum absolute atomic E-state index is 11.1. The third-order valence-electron chi connectivity index (χ3n) is 2.11. The van der Waals surface area contributed by atoms with E-state index in [9.17, 15) is 4.79 Å². The van der Waals surface area contributed by atoms with Crippen molar-refractivity contribution in [2.24, 2.45) is 0 Å². The van der Waals surface area contributed by atoms with Crippen LogP contribution in [0.2, 0.25) is 0 Å². The van der Waals surface area contributed by atoms with E-state index in [1.165, 1.54) is 21.3 Å². The lowest BCUT2D eigenvalue weighted by Crippen LogP contribution is -2.06. The van der Waals surface area contributed by atoms with E-state index < -0.39 is 0 Å². The molecular weight excluding hydrogens is 240 g/mol. The molecule has 0 bridgehead atoms. The SMILES string of the molecule is COCOc1ccc(OCOC)c(OC)c1C=O. The summed E-state index contributed by atoms with van der Waals surface area (Å²) >= 11 is 0. The Hall–Kier alpha value is -1.79. The van der Waals surface area contributed by atoms with Crippen molar-refractivity contribution in [3.05, 3.63) is 17.7 Å². The van der Waals surface area contributed by atoms with Gasteiger partial charge in [0.1, 0.15) is 11.3 Å². The second-order valence-electron chi connectivity index (χ2n) is 3.23. The first-order chi connectivity index (χ1) is 8.78. The number of hydrogen-bond donors (Lipinski definition) is 0. The summed E-state index contributed by atoms with van der Waals surface area (Å²) < 4.78 is 25.3. The summed E-state index contributed by atoms with van der Waals surface area (Å²) in [6, 6.07) is 3.24. The molecule has 6 heteroatoms. The molecule has 0 radical (unpaired) electrons. The van der Waals surface area contributed by atoms with Crippen molar-refractivity contribution in [1.82, 2.24) is 0 Å². The summed E-state index contributed by atoms with van der Waals surface area (Å²) in [6.07, 6.45) is 0.642. The minimum atomic E-state index is 0.0439. The predicted molar refractivity (Wildman–Crippen MR) is 63.4 cm³/mol. The van der Waals surface area contributed by atoms with Crippen molar-refractivity contribution in [2.75, 3.05) is 34.9 Å². The van der Waals surface area contributed by atoms with E-state index in [1.807, 2.05) is 0 Å². The van der Waals surface area contributed by atoms with Crippen LogP contribution in [0.3, 0.4) is 0 Å². The second-order valence-corrected chi connectivity index (χ2v) is 3.23. The van der Waals surface area contributed by atoms with E-state index in [4.69, 9.17) is 23.7 Å². The number of rotatable bonds is 8. The predicted octanol–water partition coefficient (Wildman–Crippen LogP) is 1.47. The normalized spacial score (nSPS) is 9.94. The van der Waals surface area contributed by atoms with Crippen molar-refractivity contribution >= 4 is 6.29 Å². The fourth-order valence-electron chi connectivity index (χ4n) is 1.37. The average molecular weight is 256 g/mol. The van der Waals surface area contributed by atoms with Crippen LogP contribution < -0.4 is 14.2 Å². The van der Waals surface area contributed by atoms with Gasteiger partial charge in [0, 0.05) is 14.2 Å². The Morgan fingerprint density at radius 1 is 1.00 bits per heavy atom. The molecule has 0 saturated heterocycles. The number of benzene rings is 1. The summed E-state index contributed by atoms with van der Waals surface area (Å²) in [6.45, 7) is 0.106. The lowest BCUT2D eigenvalue weighted by molar-refractivity contribution is 0.0461. The monoisotopic (exact) mass is 256 g/mol. The van der Waals surface area contributed by atoms with Gasteiger partial charge >= 0.3 is 0 Å². The molecule has 0 N–H and O–H groups in total. The van der Waals surface area contributed by atoms with Gasteiger partial charge in [0.25, 0.3) is 0 Å². The van der Waals surface area contributed by atoms with Crippen molar-refractivity contribution < 1.29 is 28.5 Å². The summed E-state index contributed by atoms with van der Waals surface area (Å²) in [7, 11) is 4.44. The largest absolute Gasteiger partial charge is 0.492 e. The maximum Gasteiger partial charge on any atom is 0.188 e. The number of carbonyl (C=O) groups excluding carboxylic acids is 1. The minimum absolute atomic E-state index is 0.0439. The Morgan fingerprint density at radius 3 is 2.06 bits per heavy atom. The van der Waals surface area contributed by atoms with E-state index in [2.05, 4.69) is 0 Å². The molecule has 18 heavy (non-hydrogen) atoms. The topological polar surface area (TPSA) is 63.2 Å². The highest BCUT2D eigenvalue weighted by atomic mass is 16.7. The molecule has 0 aromatic heterocycles. The van der Waals surface area contributed by atoms with Crippen LogP contribution in [0.1, 0.15) is 10.4 Å². The minimum Gasteiger partial charge on any atom is -0.492 e. The van der Waals surface area contributed by atoms with E-state index in [1.54, 1.807) is 12.1 Å². The van der Waals surface area contributed by atoms with Gasteiger partial charge in [0.15, 0.2) is 31.4 Å². The van der Waals surface area contributed by atoms with Crippen LogP contribution in [0, 0.1) is 0 Å². The Balaban J connectivity index is 3.06. The quantitative estimate of drug-likeness (QED) is 0.518. The Labute approximate surface area is 105 Å². The first kappa shape index (κ1) is 14.3. The van der Waals surface area contributed by atoms with Gasteiger partial charge in [-0.25, -0.2) is 0 Å². The van der Waals surface area contributed by atoms with Crippen LogP contribution in [-0.4, -0.2) is 41.2 Å². The summed E-state index contributed by atoms with van der Waals surface area (Å²) in [5.41, 5.74) is 0.267. The van der Waals surface area contributed by atoms with Gasteiger partial charge in [0.05, 0.1) is 7.11 Å². The second kappa shape index (κ2) is 7.52. The molecular formula is C12H16O6. The molecule has 6 nitrogen and oxygen atoms in total. The highest BCUT2D eigenvalue weighted by molar-refractivity contribution is 5.85. The Kier molecular flexibility index (Phi) is 5.96. The third kappa shape index (κ3) is 3.35. The first-order valence-corrected chi connectivity index (χ1v) is 5.18. The van der Waals surface area contributed by atoms with Gasteiger partial charge in [-0.2, -0.15) is 0 Å². The molecule has 1 rings (SSSR count). The fraction of sp³-hybridized carbons (Fsp3) is 0.417. The molecule has 0 spiro atoms. The van der Waals surface area contributed by atoms with Gasteiger partial charge < -0.3 is 23.7 Å². The zero-order chi connectivity index (χ0) is 13.4. The molecule has 0 heterocycles. The lowest BCUT2D eigenvalue weighted by Gasteiger charge is -2.14. The lowest BCUT2D eigenvalue weighted by atomic mass is 10.2. The van der Waals surface area contributed by atoms with E-state index in [0.717, 1.165) is 0 Å². The number of hydrogen-bond acceptors (Lipinski definition) is 6. The zero-order valence-electron chi connectivity index (χ0n) is 10.6. The van der Waals surface area contributed by atoms with Crippen LogP contribution in [0.25, 0.3) is 0 Å². The van der Waals surface area contributed by atoms with Crippen LogP contribution in [0.15, 0.2) is 12.1 Å². The van der Waals surface area contributed by atoms with Gasteiger partial charge in [-0.05, 0) is 12.1 Å². The molecule has 0 aliphatic rings. The highest BCUT2D eigenvalue weighted by Crippen LogP contribution is 2.36. The van der Waals surface area contributed by atoms with Crippen molar-refractivity contribution in [2.45, 2.75) is 0 Å². The number of carbonyl (C=O) groups is 1. The molecule has 0 fully saturated rings. The number of aldehydes is 1. The standard InChI is InChI=1S/C12H16O6/c1-14-7-17-10-4-5-11(18-8-15-2)12(16-3)9(10)6-13/h4-6H,7-8H2,1-3H3. The molecule has 0 saturated carbocycles. The molecule has 1 aromatic carbocycles. The number of methoxy groups -OCH3 is 3. The molecule has 1 aromatic rings. The first-order valence-electron chi connectivity index (χ1n) is 5.18. The molecule has 0 atom stereocenters. The van der Waals surface area contributed by atoms with Crippen LogP contribution >= 0.6 is 0 Å². The van der Waals surface area contributed by atoms with E-state index in [0.29, 0.717) is 23.5 Å². The van der Waals surface area contributed by atoms with Gasteiger partial charge in [-0.1, -0.05) is 0 Å². The van der Waals surface area contributed by atoms with Crippen LogP contribution in [0.4, 0.5) is 0 Å². The highest BCUT2D eigenvalue weighted by Gasteiger charge is 2.16. The Bertz CT molecular complexity index is 390. The van der Waals surface area contributed by atoms with Crippen LogP contribution in [0.5, 0.6) is 17.2 Å². The maximum atomic E-state index is 11.1. The van der Waals surface area contributed by atoms with Gasteiger partial charge in [0.2, 0.25) is 0 Å². The van der Waals surface area contributed by atoms with Crippen molar-refractivity contribution in [1.29, 1.82) is 0 Å². The van der Waals surface area contributed by atoms with Crippen molar-refractivity contribution in [3.8, 4) is 17.2 Å². The third-order valence-corrected chi connectivity index (χ3v) is 2.11. The summed E-state index contributed by atoms with van der Waals surface area (Å²) in [4.78, 5) is 11.1. The molecule has 0 aliphatic carbocycles. The summed E-state index contributed by atoms with van der Waals surface area (Å²) in [5.74, 6) is 1.08. The van der Waals surface area contributed by atoms with E-state index >= 15 is 0 Å². The molecule has 100 valence electrons. The smallest absolute Gasteiger partial charge is 0.188 e. The molecule has 0 aliphatic heterocycles.